The molecule has 1 aromatic carbocycles. The van der Waals surface area contributed by atoms with Gasteiger partial charge in [-0.3, -0.25) is 0 Å². The van der Waals surface area contributed by atoms with E-state index in [1.165, 1.54) is 5.56 Å². The number of benzene rings is 1. The van der Waals surface area contributed by atoms with E-state index in [1.54, 1.807) is 7.11 Å². The van der Waals surface area contributed by atoms with Gasteiger partial charge in [0.25, 0.3) is 0 Å². The van der Waals surface area contributed by atoms with Crippen LogP contribution in [0.15, 0.2) is 30.3 Å². The van der Waals surface area contributed by atoms with Gasteiger partial charge in [-0.05, 0) is 44.6 Å². The third-order valence-corrected chi connectivity index (χ3v) is 5.19. The Morgan fingerprint density at radius 3 is 2.73 bits per heavy atom. The molecule has 1 aliphatic rings. The minimum absolute atomic E-state index is 0.0964. The molecule has 0 bridgehead atoms. The molecule has 0 amide bonds. The van der Waals surface area contributed by atoms with Crippen molar-refractivity contribution in [1.82, 2.24) is 15.0 Å². The van der Waals surface area contributed by atoms with Crippen molar-refractivity contribution >= 4 is 5.95 Å². The molecule has 140 valence electrons. The second-order valence-corrected chi connectivity index (χ2v) is 7.19. The van der Waals surface area contributed by atoms with Crippen molar-refractivity contribution in [3.8, 4) is 6.01 Å². The highest BCUT2D eigenvalue weighted by Crippen LogP contribution is 2.36. The molecular weight excluding hydrogens is 328 g/mol. The van der Waals surface area contributed by atoms with Gasteiger partial charge in [-0.2, -0.15) is 15.0 Å². The van der Waals surface area contributed by atoms with Crippen LogP contribution in [0.1, 0.15) is 37.1 Å². The average molecular weight is 356 g/mol. The fourth-order valence-corrected chi connectivity index (χ4v) is 3.78. The van der Waals surface area contributed by atoms with E-state index in [-0.39, 0.29) is 12.0 Å². The summed E-state index contributed by atoms with van der Waals surface area (Å²) in [5.41, 5.74) is 1.26. The van der Waals surface area contributed by atoms with Crippen molar-refractivity contribution < 1.29 is 9.84 Å². The number of aromatic nitrogens is 3. The molecule has 6 heteroatoms. The molecule has 0 spiro atoms. The first-order valence-electron chi connectivity index (χ1n) is 9.30. The normalized spacial score (nSPS) is 20.2. The zero-order chi connectivity index (χ0) is 18.4. The van der Waals surface area contributed by atoms with Crippen molar-refractivity contribution in [3.05, 3.63) is 41.7 Å². The largest absolute Gasteiger partial charge is 0.467 e. The molecule has 26 heavy (non-hydrogen) atoms. The van der Waals surface area contributed by atoms with Crippen LogP contribution >= 0.6 is 0 Å². The molecule has 1 fully saturated rings. The van der Waals surface area contributed by atoms with Gasteiger partial charge >= 0.3 is 6.01 Å². The van der Waals surface area contributed by atoms with Gasteiger partial charge in [-0.1, -0.05) is 30.3 Å². The quantitative estimate of drug-likeness (QED) is 0.822. The monoisotopic (exact) mass is 356 g/mol. The van der Waals surface area contributed by atoms with Gasteiger partial charge < -0.3 is 14.7 Å². The summed E-state index contributed by atoms with van der Waals surface area (Å²) < 4.78 is 5.18. The first-order valence-corrected chi connectivity index (χ1v) is 9.30. The van der Waals surface area contributed by atoms with Crippen molar-refractivity contribution in [1.29, 1.82) is 0 Å². The third kappa shape index (κ3) is 4.49. The number of aliphatic hydroxyl groups is 1. The maximum atomic E-state index is 10.2. The lowest BCUT2D eigenvalue weighted by Gasteiger charge is -2.42. The Bertz CT molecular complexity index is 710. The molecule has 6 nitrogen and oxygen atoms in total. The van der Waals surface area contributed by atoms with Crippen LogP contribution in [0.4, 0.5) is 5.95 Å². The number of ether oxygens (including phenoxy) is 1. The fourth-order valence-electron chi connectivity index (χ4n) is 3.78. The van der Waals surface area contributed by atoms with E-state index in [4.69, 9.17) is 4.74 Å². The maximum Gasteiger partial charge on any atom is 0.321 e. The van der Waals surface area contributed by atoms with Gasteiger partial charge in [-0.15, -0.1) is 0 Å². The summed E-state index contributed by atoms with van der Waals surface area (Å²) in [7, 11) is 1.57. The van der Waals surface area contributed by atoms with Crippen LogP contribution < -0.4 is 9.64 Å². The predicted octanol–water partition coefficient (Wildman–Crippen LogP) is 2.79. The molecule has 1 atom stereocenters. The zero-order valence-electron chi connectivity index (χ0n) is 15.7. The van der Waals surface area contributed by atoms with Crippen molar-refractivity contribution in [3.63, 3.8) is 0 Å². The Hall–Kier alpha value is -2.21. The highest BCUT2D eigenvalue weighted by Gasteiger charge is 2.35. The summed E-state index contributed by atoms with van der Waals surface area (Å²) in [6.45, 7) is 3.70. The molecule has 2 aromatic rings. The zero-order valence-corrected chi connectivity index (χ0v) is 15.7. The van der Waals surface area contributed by atoms with Crippen LogP contribution in [0, 0.1) is 12.3 Å². The predicted molar refractivity (Wildman–Crippen MR) is 101 cm³/mol. The van der Waals surface area contributed by atoms with Gasteiger partial charge in [0, 0.05) is 18.5 Å². The maximum absolute atomic E-state index is 10.2. The molecule has 0 aliphatic carbocycles. The minimum atomic E-state index is -0.0964. The summed E-state index contributed by atoms with van der Waals surface area (Å²) in [4.78, 5) is 15.2. The van der Waals surface area contributed by atoms with Crippen LogP contribution in [0.5, 0.6) is 6.01 Å². The van der Waals surface area contributed by atoms with Gasteiger partial charge in [0.2, 0.25) is 5.95 Å². The first-order chi connectivity index (χ1) is 12.6. The highest BCUT2D eigenvalue weighted by molar-refractivity contribution is 5.32. The molecule has 0 saturated carbocycles. The lowest BCUT2D eigenvalue weighted by Crippen LogP contribution is -2.46. The van der Waals surface area contributed by atoms with Crippen molar-refractivity contribution in [2.24, 2.45) is 5.41 Å². The van der Waals surface area contributed by atoms with E-state index in [0.29, 0.717) is 17.8 Å². The van der Waals surface area contributed by atoms with Gasteiger partial charge in [0.05, 0.1) is 13.7 Å². The van der Waals surface area contributed by atoms with E-state index < -0.39 is 0 Å². The van der Waals surface area contributed by atoms with Crippen LogP contribution in [0.2, 0.25) is 0 Å². The number of piperidine rings is 1. The number of aryl methyl sites for hydroxylation is 2. The van der Waals surface area contributed by atoms with Gasteiger partial charge in [0.1, 0.15) is 5.82 Å². The number of rotatable bonds is 7. The van der Waals surface area contributed by atoms with E-state index in [2.05, 4.69) is 44.1 Å². The Kier molecular flexibility index (Phi) is 6.04. The molecule has 1 saturated heterocycles. The Balaban J connectivity index is 1.67. The minimum Gasteiger partial charge on any atom is -0.467 e. The Morgan fingerprint density at radius 1 is 1.19 bits per heavy atom. The first kappa shape index (κ1) is 18.6. The summed E-state index contributed by atoms with van der Waals surface area (Å²) in [5.74, 6) is 1.30. The second-order valence-electron chi connectivity index (χ2n) is 7.19. The molecule has 1 aromatic heterocycles. The molecule has 1 unspecified atom stereocenters. The number of nitrogens with zero attached hydrogens (tertiary/aromatic N) is 4. The molecule has 1 aliphatic heterocycles. The number of methoxy groups -OCH3 is 1. The van der Waals surface area contributed by atoms with Crippen LogP contribution in [-0.4, -0.2) is 46.9 Å². The highest BCUT2D eigenvalue weighted by atomic mass is 16.5. The topological polar surface area (TPSA) is 71.4 Å². The summed E-state index contributed by atoms with van der Waals surface area (Å²) >= 11 is 0. The molecule has 0 radical (unpaired) electrons. The summed E-state index contributed by atoms with van der Waals surface area (Å²) in [6.07, 6.45) is 5.17. The SMILES string of the molecule is COc1nc(C)nc(N2CCCC(CO)(CCCc3ccccc3)C2)n1. The molecule has 1 N–H and O–H groups in total. The van der Waals surface area contributed by atoms with E-state index >= 15 is 0 Å². The summed E-state index contributed by atoms with van der Waals surface area (Å²) in [5, 5.41) is 10.2. The smallest absolute Gasteiger partial charge is 0.321 e. The van der Waals surface area contributed by atoms with Crippen molar-refractivity contribution in [2.75, 3.05) is 31.7 Å². The number of aliphatic hydroxyl groups excluding tert-OH is 1. The van der Waals surface area contributed by atoms with E-state index in [1.807, 2.05) is 13.0 Å². The molecule has 3 rings (SSSR count). The number of hydrogen-bond donors (Lipinski definition) is 1. The third-order valence-electron chi connectivity index (χ3n) is 5.19. The van der Waals surface area contributed by atoms with Gasteiger partial charge in [0.15, 0.2) is 0 Å². The van der Waals surface area contributed by atoms with Crippen LogP contribution in [0.25, 0.3) is 0 Å². The standard InChI is InChI=1S/C20H28N4O2/c1-16-21-18(23-19(22-16)26-2)24-13-7-12-20(14-24,15-25)11-6-10-17-8-4-3-5-9-17/h3-5,8-9,25H,6-7,10-15H2,1-2H3. The Labute approximate surface area is 155 Å². The van der Waals surface area contributed by atoms with Gasteiger partial charge in [-0.25, -0.2) is 0 Å². The molecule has 2 heterocycles. The second kappa shape index (κ2) is 8.45. The fraction of sp³-hybridized carbons (Fsp3) is 0.550. The number of hydrogen-bond acceptors (Lipinski definition) is 6. The molecular formula is C20H28N4O2. The van der Waals surface area contributed by atoms with E-state index in [9.17, 15) is 5.11 Å². The van der Waals surface area contributed by atoms with Crippen LogP contribution in [0.3, 0.4) is 0 Å². The Morgan fingerprint density at radius 2 is 2.00 bits per heavy atom. The summed E-state index contributed by atoms with van der Waals surface area (Å²) in [6, 6.07) is 10.9. The lowest BCUT2D eigenvalue weighted by atomic mass is 9.76. The number of anilines is 1. The lowest BCUT2D eigenvalue weighted by molar-refractivity contribution is 0.0935. The van der Waals surface area contributed by atoms with Crippen LogP contribution in [-0.2, 0) is 6.42 Å². The average Bonchev–Trinajstić information content (AvgIpc) is 2.68. The van der Waals surface area contributed by atoms with E-state index in [0.717, 1.165) is 45.2 Å². The van der Waals surface area contributed by atoms with Crippen molar-refractivity contribution in [2.45, 2.75) is 39.0 Å².